The molecule has 1 fully saturated rings. The lowest BCUT2D eigenvalue weighted by atomic mass is 9.83. The molecule has 3 aliphatic heterocycles. The van der Waals surface area contributed by atoms with E-state index >= 15 is 0 Å². The van der Waals surface area contributed by atoms with Gasteiger partial charge in [-0.25, -0.2) is 27.9 Å². The molecule has 8 nitrogen and oxygen atoms in total. The Morgan fingerprint density at radius 3 is 2.52 bits per heavy atom. The molecule has 0 bridgehead atoms. The van der Waals surface area contributed by atoms with Crippen molar-refractivity contribution >= 4 is 5.69 Å². The molecule has 3 aliphatic rings. The van der Waals surface area contributed by atoms with Gasteiger partial charge in [0.15, 0.2) is 0 Å². The minimum absolute atomic E-state index is 0.248. The van der Waals surface area contributed by atoms with Crippen molar-refractivity contribution < 1.29 is 13.9 Å². The second-order valence-electron chi connectivity index (χ2n) is 9.11. The molecule has 0 aliphatic carbocycles. The van der Waals surface area contributed by atoms with E-state index in [9.17, 15) is 14.0 Å². The van der Waals surface area contributed by atoms with Crippen molar-refractivity contribution in [1.82, 2.24) is 13.9 Å². The molecule has 170 valence electrons. The van der Waals surface area contributed by atoms with Gasteiger partial charge >= 0.3 is 11.4 Å². The van der Waals surface area contributed by atoms with E-state index in [4.69, 9.17) is 9.47 Å². The van der Waals surface area contributed by atoms with Gasteiger partial charge in [0.1, 0.15) is 23.2 Å². The SMILES string of the molecule is CC1(C)Oc2cc(NC3COC3)ccc2C2C1=CCn1c(=O)n(-c3ccc(F)cc3)c(=O)n12. The van der Waals surface area contributed by atoms with Crippen molar-refractivity contribution in [2.75, 3.05) is 18.5 Å². The van der Waals surface area contributed by atoms with E-state index in [0.717, 1.165) is 21.4 Å². The van der Waals surface area contributed by atoms with Crippen LogP contribution in [0.15, 0.2) is 63.7 Å². The Balaban J connectivity index is 1.51. The fourth-order valence-electron chi connectivity index (χ4n) is 4.85. The average Bonchev–Trinajstić information content (AvgIpc) is 3.01. The number of nitrogens with zero attached hydrogens (tertiary/aromatic N) is 3. The first-order valence-electron chi connectivity index (χ1n) is 10.9. The highest BCUT2D eigenvalue weighted by molar-refractivity contribution is 5.57. The average molecular weight is 450 g/mol. The number of hydrogen-bond acceptors (Lipinski definition) is 5. The Hall–Kier alpha value is -3.59. The summed E-state index contributed by atoms with van der Waals surface area (Å²) in [4.78, 5) is 26.8. The van der Waals surface area contributed by atoms with Gasteiger partial charge in [-0.15, -0.1) is 0 Å². The van der Waals surface area contributed by atoms with Gasteiger partial charge in [-0.05, 0) is 49.8 Å². The number of anilines is 1. The summed E-state index contributed by atoms with van der Waals surface area (Å²) < 4.78 is 29.0. The number of hydrogen-bond donors (Lipinski definition) is 1. The topological polar surface area (TPSA) is 79.4 Å². The van der Waals surface area contributed by atoms with Crippen molar-refractivity contribution in [2.45, 2.75) is 38.1 Å². The van der Waals surface area contributed by atoms with E-state index in [1.165, 1.54) is 33.6 Å². The lowest BCUT2D eigenvalue weighted by Gasteiger charge is -2.42. The molecule has 0 amide bonds. The molecule has 1 aromatic heterocycles. The quantitative estimate of drug-likeness (QED) is 0.621. The van der Waals surface area contributed by atoms with Crippen LogP contribution in [0.25, 0.3) is 5.69 Å². The first-order chi connectivity index (χ1) is 15.8. The van der Waals surface area contributed by atoms with Crippen LogP contribution < -0.4 is 21.4 Å². The van der Waals surface area contributed by atoms with Crippen molar-refractivity contribution in [3.63, 3.8) is 0 Å². The number of nitrogens with one attached hydrogen (secondary N) is 1. The molecule has 1 saturated heterocycles. The summed E-state index contributed by atoms with van der Waals surface area (Å²) >= 11 is 0. The first-order valence-corrected chi connectivity index (χ1v) is 10.9. The summed E-state index contributed by atoms with van der Waals surface area (Å²) in [7, 11) is 0. The van der Waals surface area contributed by atoms with Gasteiger partial charge in [-0.1, -0.05) is 12.1 Å². The van der Waals surface area contributed by atoms with Gasteiger partial charge in [-0.2, -0.15) is 0 Å². The third-order valence-electron chi connectivity index (χ3n) is 6.54. The van der Waals surface area contributed by atoms with Crippen LogP contribution in [0.5, 0.6) is 5.75 Å². The van der Waals surface area contributed by atoms with E-state index in [0.29, 0.717) is 24.7 Å². The highest BCUT2D eigenvalue weighted by Crippen LogP contribution is 2.46. The Morgan fingerprint density at radius 2 is 1.82 bits per heavy atom. The van der Waals surface area contributed by atoms with E-state index < -0.39 is 28.8 Å². The summed E-state index contributed by atoms with van der Waals surface area (Å²) in [6, 6.07) is 10.9. The van der Waals surface area contributed by atoms with Gasteiger partial charge in [0.25, 0.3) is 0 Å². The van der Waals surface area contributed by atoms with Gasteiger partial charge in [0, 0.05) is 17.3 Å². The Kier molecular flexibility index (Phi) is 4.22. The molecule has 0 saturated carbocycles. The molecule has 0 spiro atoms. The molecule has 3 aromatic rings. The Bertz CT molecular complexity index is 1410. The second-order valence-corrected chi connectivity index (χ2v) is 9.11. The summed E-state index contributed by atoms with van der Waals surface area (Å²) in [6.45, 7) is 5.50. The minimum atomic E-state index is -0.672. The third-order valence-corrected chi connectivity index (χ3v) is 6.54. The van der Waals surface area contributed by atoms with E-state index in [-0.39, 0.29) is 12.6 Å². The van der Waals surface area contributed by atoms with Gasteiger partial charge < -0.3 is 14.8 Å². The van der Waals surface area contributed by atoms with Crippen LogP contribution in [-0.4, -0.2) is 38.8 Å². The number of halogens is 1. The summed E-state index contributed by atoms with van der Waals surface area (Å²) in [5.74, 6) is 0.229. The molecule has 1 unspecified atom stereocenters. The molecule has 2 aromatic carbocycles. The normalized spacial score (nSPS) is 20.6. The largest absolute Gasteiger partial charge is 0.483 e. The fourth-order valence-corrected chi connectivity index (χ4v) is 4.85. The monoisotopic (exact) mass is 450 g/mol. The fraction of sp³-hybridized carbons (Fsp3) is 0.333. The summed E-state index contributed by atoms with van der Waals surface area (Å²) in [5, 5.41) is 3.42. The summed E-state index contributed by atoms with van der Waals surface area (Å²) in [5.41, 5.74) is 1.36. The molecule has 1 N–H and O–H groups in total. The zero-order chi connectivity index (χ0) is 22.9. The predicted molar refractivity (Wildman–Crippen MR) is 120 cm³/mol. The van der Waals surface area contributed by atoms with Crippen LogP contribution in [0.2, 0.25) is 0 Å². The number of benzene rings is 2. The maximum Gasteiger partial charge on any atom is 0.352 e. The molecule has 0 radical (unpaired) electrons. The zero-order valence-corrected chi connectivity index (χ0v) is 18.2. The first kappa shape index (κ1) is 20.0. The van der Waals surface area contributed by atoms with Gasteiger partial charge in [0.05, 0.1) is 31.5 Å². The minimum Gasteiger partial charge on any atom is -0.483 e. The summed E-state index contributed by atoms with van der Waals surface area (Å²) in [6.07, 6.45) is 1.96. The molecule has 6 rings (SSSR count). The lowest BCUT2D eigenvalue weighted by Crippen LogP contribution is -2.46. The molecular formula is C24H23FN4O4. The lowest BCUT2D eigenvalue weighted by molar-refractivity contribution is 0.0211. The second kappa shape index (κ2) is 6.95. The van der Waals surface area contributed by atoms with Crippen molar-refractivity contribution in [1.29, 1.82) is 0 Å². The highest BCUT2D eigenvalue weighted by Gasteiger charge is 2.44. The van der Waals surface area contributed by atoms with Crippen LogP contribution in [0.4, 0.5) is 10.1 Å². The van der Waals surface area contributed by atoms with E-state index in [1.807, 2.05) is 38.1 Å². The Labute approximate surface area is 188 Å². The molecule has 1 atom stereocenters. The van der Waals surface area contributed by atoms with Crippen LogP contribution in [0.1, 0.15) is 25.5 Å². The van der Waals surface area contributed by atoms with Crippen molar-refractivity contribution in [3.8, 4) is 11.4 Å². The highest BCUT2D eigenvalue weighted by atomic mass is 19.1. The van der Waals surface area contributed by atoms with Gasteiger partial charge in [0.2, 0.25) is 0 Å². The van der Waals surface area contributed by atoms with Crippen LogP contribution >= 0.6 is 0 Å². The standard InChI is InChI=1S/C24H23FN4O4/c1-24(2)19-9-10-27-22(30)28(17-6-3-14(25)4-7-17)23(31)29(27)21(19)18-8-5-15(11-20(18)33-24)26-16-12-32-13-16/h3-9,11,16,21,26H,10,12-13H2,1-2H3. The third kappa shape index (κ3) is 2.99. The Morgan fingerprint density at radius 1 is 1.06 bits per heavy atom. The van der Waals surface area contributed by atoms with E-state index in [1.54, 1.807) is 0 Å². The van der Waals surface area contributed by atoms with Crippen LogP contribution in [0, 0.1) is 5.82 Å². The van der Waals surface area contributed by atoms with Crippen molar-refractivity contribution in [2.24, 2.45) is 0 Å². The molecule has 33 heavy (non-hydrogen) atoms. The molecular weight excluding hydrogens is 427 g/mol. The van der Waals surface area contributed by atoms with Crippen molar-refractivity contribution in [3.05, 3.63) is 86.5 Å². The number of allylic oxidation sites excluding steroid dienone is 1. The number of aromatic nitrogens is 3. The molecule has 4 heterocycles. The number of rotatable bonds is 3. The van der Waals surface area contributed by atoms with Gasteiger partial charge in [-0.3, -0.25) is 0 Å². The zero-order valence-electron chi connectivity index (χ0n) is 18.2. The smallest absolute Gasteiger partial charge is 0.352 e. The maximum absolute atomic E-state index is 13.6. The molecule has 9 heteroatoms. The maximum atomic E-state index is 13.6. The number of fused-ring (bicyclic) bond motifs is 5. The van der Waals surface area contributed by atoms with E-state index in [2.05, 4.69) is 5.32 Å². The predicted octanol–water partition coefficient (Wildman–Crippen LogP) is 2.45. The van der Waals surface area contributed by atoms with Crippen LogP contribution in [0.3, 0.4) is 0 Å². The number of ether oxygens (including phenoxy) is 2. The van der Waals surface area contributed by atoms with Crippen LogP contribution in [-0.2, 0) is 11.3 Å².